The molecule has 1 aromatic heterocycles. The summed E-state index contributed by atoms with van der Waals surface area (Å²) in [6.45, 7) is 12.6. The highest BCUT2D eigenvalue weighted by atomic mass is 16.6. The number of ether oxygens (including phenoxy) is 1. The Morgan fingerprint density at radius 1 is 1.18 bits per heavy atom. The number of H-pyrrole nitrogens is 1. The summed E-state index contributed by atoms with van der Waals surface area (Å²) in [5, 5.41) is 3.96. The van der Waals surface area contributed by atoms with Gasteiger partial charge in [0.1, 0.15) is 5.60 Å². The molecule has 1 amide bonds. The van der Waals surface area contributed by atoms with Crippen LogP contribution < -0.4 is 5.32 Å². The van der Waals surface area contributed by atoms with Crippen molar-refractivity contribution in [3.8, 4) is 0 Å². The van der Waals surface area contributed by atoms with Crippen molar-refractivity contribution >= 4 is 17.0 Å². The van der Waals surface area contributed by atoms with Crippen molar-refractivity contribution < 1.29 is 9.53 Å². The van der Waals surface area contributed by atoms with Crippen LogP contribution in [0.5, 0.6) is 0 Å². The van der Waals surface area contributed by atoms with Crippen molar-refractivity contribution in [3.05, 3.63) is 35.5 Å². The zero-order valence-electron chi connectivity index (χ0n) is 14.3. The number of aromatic nitrogens is 1. The Morgan fingerprint density at radius 2 is 1.86 bits per heavy atom. The van der Waals surface area contributed by atoms with Gasteiger partial charge in [0.25, 0.3) is 0 Å². The number of fused-ring (bicyclic) bond motifs is 1. The quantitative estimate of drug-likeness (QED) is 0.858. The van der Waals surface area contributed by atoms with Gasteiger partial charge in [-0.3, -0.25) is 0 Å². The van der Waals surface area contributed by atoms with E-state index < -0.39 is 11.7 Å². The lowest BCUT2D eigenvalue weighted by Crippen LogP contribution is -2.32. The fourth-order valence-corrected chi connectivity index (χ4v) is 2.26. The van der Waals surface area contributed by atoms with Crippen molar-refractivity contribution in [2.45, 2.75) is 59.1 Å². The van der Waals surface area contributed by atoms with Crippen LogP contribution in [0.2, 0.25) is 0 Å². The lowest BCUT2D eigenvalue weighted by atomic mass is 9.92. The maximum atomic E-state index is 11.8. The predicted molar refractivity (Wildman–Crippen MR) is 90.1 cm³/mol. The number of nitrogens with one attached hydrogen (secondary N) is 2. The molecule has 0 aliphatic heterocycles. The van der Waals surface area contributed by atoms with Gasteiger partial charge in [-0.2, -0.15) is 0 Å². The summed E-state index contributed by atoms with van der Waals surface area (Å²) in [6.07, 6.45) is -0.393. The van der Waals surface area contributed by atoms with Crippen LogP contribution in [0.3, 0.4) is 0 Å². The van der Waals surface area contributed by atoms with E-state index in [1.54, 1.807) is 0 Å². The number of hydrogen-bond acceptors (Lipinski definition) is 2. The van der Waals surface area contributed by atoms with Gasteiger partial charge in [-0.05, 0) is 38.5 Å². The number of alkyl carbamates (subject to hydrolysis) is 1. The molecule has 4 nitrogen and oxygen atoms in total. The number of aromatic amines is 1. The fraction of sp³-hybridized carbons (Fsp3) is 0.500. The SMILES string of the molecule is CC(C)(C)OC(=O)NCc1cccc2[nH]c(C(C)(C)C)cc12. The topological polar surface area (TPSA) is 54.1 Å². The van der Waals surface area contributed by atoms with Crippen LogP contribution in [0.25, 0.3) is 10.9 Å². The van der Waals surface area contributed by atoms with Crippen LogP contribution in [0, 0.1) is 0 Å². The average molecular weight is 302 g/mol. The highest BCUT2D eigenvalue weighted by Crippen LogP contribution is 2.27. The van der Waals surface area contributed by atoms with Gasteiger partial charge < -0.3 is 15.0 Å². The first kappa shape index (κ1) is 16.4. The van der Waals surface area contributed by atoms with E-state index in [9.17, 15) is 4.79 Å². The second kappa shape index (κ2) is 5.67. The largest absolute Gasteiger partial charge is 0.444 e. The van der Waals surface area contributed by atoms with E-state index in [4.69, 9.17) is 4.74 Å². The monoisotopic (exact) mass is 302 g/mol. The minimum Gasteiger partial charge on any atom is -0.444 e. The summed E-state index contributed by atoms with van der Waals surface area (Å²) in [5.74, 6) is 0. The summed E-state index contributed by atoms with van der Waals surface area (Å²) in [7, 11) is 0. The summed E-state index contributed by atoms with van der Waals surface area (Å²) < 4.78 is 5.27. The predicted octanol–water partition coefficient (Wildman–Crippen LogP) is 4.49. The van der Waals surface area contributed by atoms with Crippen LogP contribution in [0.1, 0.15) is 52.8 Å². The van der Waals surface area contributed by atoms with Gasteiger partial charge in [0.05, 0.1) is 0 Å². The third-order valence-electron chi connectivity index (χ3n) is 3.38. The van der Waals surface area contributed by atoms with Crippen LogP contribution in [-0.2, 0) is 16.7 Å². The number of carbonyl (C=O) groups is 1. The molecule has 2 rings (SSSR count). The number of carbonyl (C=O) groups excluding carboxylic acids is 1. The molecule has 0 saturated carbocycles. The van der Waals surface area contributed by atoms with Gasteiger partial charge in [-0.15, -0.1) is 0 Å². The Kier molecular flexibility index (Phi) is 4.23. The number of benzene rings is 1. The Morgan fingerprint density at radius 3 is 2.45 bits per heavy atom. The highest BCUT2D eigenvalue weighted by Gasteiger charge is 2.18. The van der Waals surface area contributed by atoms with Crippen molar-refractivity contribution in [1.82, 2.24) is 10.3 Å². The molecular weight excluding hydrogens is 276 g/mol. The van der Waals surface area contributed by atoms with Crippen LogP contribution >= 0.6 is 0 Å². The third kappa shape index (κ3) is 4.03. The Hall–Kier alpha value is -1.97. The molecule has 22 heavy (non-hydrogen) atoms. The zero-order chi connectivity index (χ0) is 16.5. The first-order valence-corrected chi connectivity index (χ1v) is 7.64. The summed E-state index contributed by atoms with van der Waals surface area (Å²) in [4.78, 5) is 15.2. The lowest BCUT2D eigenvalue weighted by molar-refractivity contribution is 0.0524. The second-order valence-electron chi connectivity index (χ2n) is 7.67. The van der Waals surface area contributed by atoms with Gasteiger partial charge in [-0.1, -0.05) is 32.9 Å². The molecule has 0 unspecified atom stereocenters. The molecule has 2 aromatic rings. The highest BCUT2D eigenvalue weighted by molar-refractivity contribution is 5.84. The molecule has 0 radical (unpaired) electrons. The molecule has 4 heteroatoms. The number of amides is 1. The molecule has 0 spiro atoms. The smallest absolute Gasteiger partial charge is 0.407 e. The first-order chi connectivity index (χ1) is 10.1. The van der Waals surface area contributed by atoms with Crippen molar-refractivity contribution in [3.63, 3.8) is 0 Å². The Bertz CT molecular complexity index is 672. The minimum absolute atomic E-state index is 0.0644. The van der Waals surface area contributed by atoms with Crippen molar-refractivity contribution in [2.75, 3.05) is 0 Å². The molecule has 0 aliphatic carbocycles. The Balaban J connectivity index is 2.18. The molecule has 0 bridgehead atoms. The van der Waals surface area contributed by atoms with Crippen molar-refractivity contribution in [2.24, 2.45) is 0 Å². The summed E-state index contributed by atoms with van der Waals surface area (Å²) in [6, 6.07) is 8.25. The standard InChI is InChI=1S/C18H26N2O2/c1-17(2,3)15-10-13-12(8-7-9-14(13)20-15)11-19-16(21)22-18(4,5)6/h7-10,20H,11H2,1-6H3,(H,19,21). The van der Waals surface area contributed by atoms with Crippen LogP contribution in [0.15, 0.2) is 24.3 Å². The second-order valence-corrected chi connectivity index (χ2v) is 7.67. The molecule has 0 fully saturated rings. The molecule has 0 atom stereocenters. The fourth-order valence-electron chi connectivity index (χ4n) is 2.26. The zero-order valence-corrected chi connectivity index (χ0v) is 14.3. The molecular formula is C18H26N2O2. The van der Waals surface area contributed by atoms with Crippen molar-refractivity contribution in [1.29, 1.82) is 0 Å². The average Bonchev–Trinajstić information content (AvgIpc) is 2.78. The lowest BCUT2D eigenvalue weighted by Gasteiger charge is -2.19. The van der Waals surface area contributed by atoms with E-state index in [0.717, 1.165) is 16.5 Å². The molecule has 1 aromatic carbocycles. The molecule has 1 heterocycles. The van der Waals surface area contributed by atoms with Crippen LogP contribution in [-0.4, -0.2) is 16.7 Å². The minimum atomic E-state index is -0.483. The van der Waals surface area contributed by atoms with Gasteiger partial charge >= 0.3 is 6.09 Å². The Labute approximate surface area is 132 Å². The number of rotatable bonds is 2. The molecule has 120 valence electrons. The van der Waals surface area contributed by atoms with E-state index >= 15 is 0 Å². The molecule has 2 N–H and O–H groups in total. The van der Waals surface area contributed by atoms with E-state index in [0.29, 0.717) is 6.54 Å². The van der Waals surface area contributed by atoms with Gasteiger partial charge in [0.2, 0.25) is 0 Å². The maximum absolute atomic E-state index is 11.8. The molecule has 0 aliphatic rings. The van der Waals surface area contributed by atoms with E-state index in [-0.39, 0.29) is 5.41 Å². The van der Waals surface area contributed by atoms with Crippen LogP contribution in [0.4, 0.5) is 4.79 Å². The number of hydrogen-bond donors (Lipinski definition) is 2. The van der Waals surface area contributed by atoms with E-state index in [2.05, 4.69) is 43.2 Å². The normalized spacial score (nSPS) is 12.5. The van der Waals surface area contributed by atoms with Gasteiger partial charge in [0.15, 0.2) is 0 Å². The summed E-state index contributed by atoms with van der Waals surface area (Å²) in [5.41, 5.74) is 2.94. The molecule has 0 saturated heterocycles. The van der Waals surface area contributed by atoms with E-state index in [1.807, 2.05) is 32.9 Å². The van der Waals surface area contributed by atoms with E-state index in [1.165, 1.54) is 5.69 Å². The third-order valence-corrected chi connectivity index (χ3v) is 3.38. The van der Waals surface area contributed by atoms with Gasteiger partial charge in [-0.25, -0.2) is 4.79 Å². The maximum Gasteiger partial charge on any atom is 0.407 e. The summed E-state index contributed by atoms with van der Waals surface area (Å²) >= 11 is 0. The van der Waals surface area contributed by atoms with Gasteiger partial charge in [0, 0.05) is 28.6 Å². The first-order valence-electron chi connectivity index (χ1n) is 7.64.